The third kappa shape index (κ3) is 18.4. The van der Waals surface area contributed by atoms with E-state index in [1.165, 1.54) is 0 Å². The molecular weight excluding hydrogens is 402 g/mol. The fraction of sp³-hybridized carbons (Fsp3) is 0.579. The van der Waals surface area contributed by atoms with Crippen LogP contribution < -0.4 is 5.32 Å². The highest BCUT2D eigenvalue weighted by Crippen LogP contribution is 1.95. The molecule has 0 aromatic rings. The summed E-state index contributed by atoms with van der Waals surface area (Å²) in [7, 11) is 0. The Bertz CT molecular complexity index is 501. The Morgan fingerprint density at radius 2 is 1.20 bits per heavy atom. The van der Waals surface area contributed by atoms with Gasteiger partial charge in [-0.3, -0.25) is 4.79 Å². The molecule has 0 aliphatic carbocycles. The average molecular weight is 431 g/mol. The molecule has 11 nitrogen and oxygen atoms in total. The monoisotopic (exact) mass is 431 g/mol. The van der Waals surface area contributed by atoms with Crippen molar-refractivity contribution in [2.24, 2.45) is 0 Å². The van der Waals surface area contributed by atoms with E-state index in [2.05, 4.69) is 23.2 Å². The molecule has 30 heavy (non-hydrogen) atoms. The van der Waals surface area contributed by atoms with E-state index in [-0.39, 0.29) is 65.8 Å². The van der Waals surface area contributed by atoms with Gasteiger partial charge in [0.2, 0.25) is 0 Å². The van der Waals surface area contributed by atoms with Crippen LogP contribution in [0.3, 0.4) is 0 Å². The van der Waals surface area contributed by atoms with Crippen molar-refractivity contribution in [1.82, 2.24) is 5.32 Å². The smallest absolute Gasteiger partial charge is 0.407 e. The van der Waals surface area contributed by atoms with Gasteiger partial charge in [-0.25, -0.2) is 14.4 Å². The summed E-state index contributed by atoms with van der Waals surface area (Å²) >= 11 is 0. The quantitative estimate of drug-likeness (QED) is 0.142. The van der Waals surface area contributed by atoms with E-state index in [0.29, 0.717) is 6.42 Å². The first-order chi connectivity index (χ1) is 14.5. The molecule has 0 bridgehead atoms. The largest absolute Gasteiger partial charge is 0.463 e. The van der Waals surface area contributed by atoms with Gasteiger partial charge in [-0.1, -0.05) is 13.2 Å². The molecule has 0 aromatic heterocycles. The molecule has 0 heterocycles. The molecule has 0 spiro atoms. The van der Waals surface area contributed by atoms with E-state index in [1.54, 1.807) is 0 Å². The highest BCUT2D eigenvalue weighted by Gasteiger charge is 2.04. The Morgan fingerprint density at radius 3 is 1.80 bits per heavy atom. The zero-order valence-electron chi connectivity index (χ0n) is 16.9. The van der Waals surface area contributed by atoms with Crippen LogP contribution >= 0.6 is 0 Å². The van der Waals surface area contributed by atoms with Gasteiger partial charge >= 0.3 is 24.0 Å². The lowest BCUT2D eigenvalue weighted by molar-refractivity contribution is -0.147. The van der Waals surface area contributed by atoms with Crippen molar-refractivity contribution in [3.63, 3.8) is 0 Å². The number of hydrogen-bond acceptors (Lipinski definition) is 10. The number of ether oxygens (including phenoxy) is 6. The third-order valence-corrected chi connectivity index (χ3v) is 3.04. The maximum Gasteiger partial charge on any atom is 0.407 e. The molecule has 0 atom stereocenters. The van der Waals surface area contributed by atoms with Crippen molar-refractivity contribution in [1.29, 1.82) is 0 Å². The van der Waals surface area contributed by atoms with E-state index in [9.17, 15) is 19.2 Å². The van der Waals surface area contributed by atoms with E-state index < -0.39 is 24.0 Å². The molecule has 0 radical (unpaired) electrons. The van der Waals surface area contributed by atoms with Gasteiger partial charge in [-0.15, -0.1) is 0 Å². The second kappa shape index (κ2) is 19.4. The summed E-state index contributed by atoms with van der Waals surface area (Å²) in [5.74, 6) is -1.50. The number of amides is 1. The molecule has 0 aliphatic rings. The summed E-state index contributed by atoms with van der Waals surface area (Å²) in [4.78, 5) is 44.3. The molecular formula is C19H29NO10. The van der Waals surface area contributed by atoms with Crippen LogP contribution in [0.5, 0.6) is 0 Å². The van der Waals surface area contributed by atoms with Gasteiger partial charge in [0.25, 0.3) is 0 Å². The summed E-state index contributed by atoms with van der Waals surface area (Å²) in [5, 5.41) is 2.40. The van der Waals surface area contributed by atoms with E-state index in [0.717, 1.165) is 12.2 Å². The summed E-state index contributed by atoms with van der Waals surface area (Å²) in [6, 6.07) is 0. The highest BCUT2D eigenvalue weighted by molar-refractivity contribution is 5.81. The van der Waals surface area contributed by atoms with Crippen molar-refractivity contribution < 1.29 is 47.6 Å². The van der Waals surface area contributed by atoms with E-state index in [1.807, 2.05) is 0 Å². The number of esters is 3. The van der Waals surface area contributed by atoms with Crippen LogP contribution in [0.2, 0.25) is 0 Å². The lowest BCUT2D eigenvalue weighted by atomic mass is 10.3. The Labute approximate surface area is 175 Å². The van der Waals surface area contributed by atoms with Crippen LogP contribution in [0, 0.1) is 0 Å². The molecule has 0 unspecified atom stereocenters. The standard InChI is InChI=1S/C19H29NO10/c1-3-16(21)27-8-5-6-18(23)29-14-12-25-10-11-26-13-15-30-19(24)20-7-9-28-17(22)4-2/h3-4H,1-2,5-15H2,(H,20,24). The number of carbonyl (C=O) groups is 4. The summed E-state index contributed by atoms with van der Waals surface area (Å²) in [6.45, 7) is 7.92. The Hall–Kier alpha value is -2.92. The van der Waals surface area contributed by atoms with Gasteiger partial charge in [0.05, 0.1) is 39.6 Å². The molecule has 170 valence electrons. The second-order valence-electron chi connectivity index (χ2n) is 5.35. The average Bonchev–Trinajstić information content (AvgIpc) is 2.74. The number of rotatable bonds is 18. The van der Waals surface area contributed by atoms with Crippen molar-refractivity contribution in [3.8, 4) is 0 Å². The van der Waals surface area contributed by atoms with Crippen molar-refractivity contribution in [2.75, 3.05) is 59.4 Å². The molecule has 11 heteroatoms. The van der Waals surface area contributed by atoms with Crippen LogP contribution in [-0.2, 0) is 42.8 Å². The SMILES string of the molecule is C=CC(=O)OCCCC(=O)OCCOCCOCCOC(=O)NCCOC(=O)C=C. The molecule has 0 aliphatic heterocycles. The lowest BCUT2D eigenvalue weighted by Gasteiger charge is -2.08. The zero-order chi connectivity index (χ0) is 22.5. The first-order valence-corrected chi connectivity index (χ1v) is 9.29. The fourth-order valence-corrected chi connectivity index (χ4v) is 1.66. The third-order valence-electron chi connectivity index (χ3n) is 3.04. The van der Waals surface area contributed by atoms with Gasteiger partial charge in [-0.2, -0.15) is 0 Å². The number of alkyl carbamates (subject to hydrolysis) is 1. The lowest BCUT2D eigenvalue weighted by Crippen LogP contribution is -2.29. The van der Waals surface area contributed by atoms with Crippen LogP contribution in [0.1, 0.15) is 12.8 Å². The van der Waals surface area contributed by atoms with Gasteiger partial charge in [-0.05, 0) is 6.42 Å². The summed E-state index contributed by atoms with van der Waals surface area (Å²) < 4.78 is 29.6. The predicted octanol–water partition coefficient (Wildman–Crippen LogP) is 0.528. The predicted molar refractivity (Wildman–Crippen MR) is 103 cm³/mol. The molecule has 0 saturated carbocycles. The van der Waals surface area contributed by atoms with Crippen molar-refractivity contribution in [3.05, 3.63) is 25.3 Å². The minimum absolute atomic E-state index is 0.0221. The topological polar surface area (TPSA) is 136 Å². The van der Waals surface area contributed by atoms with Crippen LogP contribution in [0.25, 0.3) is 0 Å². The van der Waals surface area contributed by atoms with Crippen LogP contribution in [0.15, 0.2) is 25.3 Å². The number of hydrogen-bond donors (Lipinski definition) is 1. The number of carbonyl (C=O) groups excluding carboxylic acids is 4. The minimum atomic E-state index is -0.648. The number of nitrogens with one attached hydrogen (secondary N) is 1. The molecule has 0 saturated heterocycles. The maximum atomic E-state index is 11.4. The van der Waals surface area contributed by atoms with E-state index in [4.69, 9.17) is 23.7 Å². The van der Waals surface area contributed by atoms with Crippen molar-refractivity contribution in [2.45, 2.75) is 12.8 Å². The normalized spacial score (nSPS) is 9.87. The molecule has 0 aromatic carbocycles. The summed E-state index contributed by atoms with van der Waals surface area (Å²) in [6.07, 6.45) is 1.94. The van der Waals surface area contributed by atoms with Gasteiger partial charge in [0.15, 0.2) is 0 Å². The first kappa shape index (κ1) is 27.1. The van der Waals surface area contributed by atoms with Gasteiger partial charge in [0.1, 0.15) is 19.8 Å². The summed E-state index contributed by atoms with van der Waals surface area (Å²) in [5.41, 5.74) is 0. The Balaban J connectivity index is 3.34. The van der Waals surface area contributed by atoms with Crippen LogP contribution in [-0.4, -0.2) is 83.4 Å². The van der Waals surface area contributed by atoms with E-state index >= 15 is 0 Å². The first-order valence-electron chi connectivity index (χ1n) is 9.29. The minimum Gasteiger partial charge on any atom is -0.463 e. The van der Waals surface area contributed by atoms with Crippen LogP contribution in [0.4, 0.5) is 4.79 Å². The van der Waals surface area contributed by atoms with Crippen molar-refractivity contribution >= 4 is 24.0 Å². The maximum absolute atomic E-state index is 11.4. The molecule has 0 rings (SSSR count). The van der Waals surface area contributed by atoms with Gasteiger partial charge in [0, 0.05) is 18.6 Å². The Morgan fingerprint density at radius 1 is 0.667 bits per heavy atom. The fourth-order valence-electron chi connectivity index (χ4n) is 1.66. The second-order valence-corrected chi connectivity index (χ2v) is 5.35. The highest BCUT2D eigenvalue weighted by atomic mass is 16.6. The molecule has 1 amide bonds. The van der Waals surface area contributed by atoms with Gasteiger partial charge < -0.3 is 33.7 Å². The molecule has 0 fully saturated rings. The Kier molecular flexibility index (Phi) is 17.5. The zero-order valence-corrected chi connectivity index (χ0v) is 16.9. The molecule has 1 N–H and O–H groups in total.